The van der Waals surface area contributed by atoms with Crippen LogP contribution >= 0.6 is 0 Å². The Kier molecular flexibility index (Phi) is 3.59. The van der Waals surface area contributed by atoms with Gasteiger partial charge in [0.05, 0.1) is 0 Å². The average Bonchev–Trinajstić information content (AvgIpc) is 2.82. The largest absolute Gasteiger partial charge is 0.390 e. The van der Waals surface area contributed by atoms with Crippen LogP contribution in [0.3, 0.4) is 0 Å². The van der Waals surface area contributed by atoms with E-state index in [9.17, 15) is 4.79 Å². The van der Waals surface area contributed by atoms with E-state index in [4.69, 9.17) is 0 Å². The number of benzene rings is 1. The molecule has 100 valence electrons. The molecule has 0 fully saturated rings. The average molecular weight is 264 g/mol. The number of fused-ring (bicyclic) bond motifs is 1. The zero-order valence-corrected chi connectivity index (χ0v) is 11.2. The highest BCUT2D eigenvalue weighted by atomic mass is 16.1. The van der Waals surface area contributed by atoms with Crippen LogP contribution in [0.25, 0.3) is 0 Å². The minimum absolute atomic E-state index is 0.144. The third-order valence-corrected chi connectivity index (χ3v) is 3.46. The van der Waals surface area contributed by atoms with Crippen LogP contribution in [0.5, 0.6) is 0 Å². The third-order valence-electron chi connectivity index (χ3n) is 3.46. The maximum absolute atomic E-state index is 12.1. The van der Waals surface area contributed by atoms with Gasteiger partial charge in [-0.25, -0.2) is 0 Å². The Labute approximate surface area is 118 Å². The second kappa shape index (κ2) is 5.70. The molecule has 0 radical (unpaired) electrons. The molecular formula is C17H16N2O. The summed E-state index contributed by atoms with van der Waals surface area (Å²) in [7, 11) is 0. The number of ketones is 1. The van der Waals surface area contributed by atoms with Crippen molar-refractivity contribution in [3.63, 3.8) is 0 Å². The molecule has 0 saturated carbocycles. The van der Waals surface area contributed by atoms with Gasteiger partial charge in [-0.3, -0.25) is 9.78 Å². The van der Waals surface area contributed by atoms with E-state index in [1.54, 1.807) is 6.20 Å². The van der Waals surface area contributed by atoms with Gasteiger partial charge in [0.15, 0.2) is 5.78 Å². The van der Waals surface area contributed by atoms with Crippen molar-refractivity contribution < 1.29 is 4.79 Å². The highest BCUT2D eigenvalue weighted by molar-refractivity contribution is 6.13. The lowest BCUT2D eigenvalue weighted by Crippen LogP contribution is -2.13. The molecule has 3 nitrogen and oxygen atoms in total. The Morgan fingerprint density at radius 1 is 1.15 bits per heavy atom. The van der Waals surface area contributed by atoms with Gasteiger partial charge in [0.25, 0.3) is 0 Å². The molecule has 0 spiro atoms. The standard InChI is InChI=1S/C17H16N2O/c20-17-14(11-13-5-1-2-7-16(13)17)12-18-10-8-15-6-3-4-9-19-15/h1-7,9,12,18H,8,10-11H2/b14-12-. The molecule has 1 N–H and O–H groups in total. The van der Waals surface area contributed by atoms with Crippen molar-refractivity contribution in [2.24, 2.45) is 0 Å². The first kappa shape index (κ1) is 12.6. The number of aromatic nitrogens is 1. The molecular weight excluding hydrogens is 248 g/mol. The lowest BCUT2D eigenvalue weighted by Gasteiger charge is -2.02. The van der Waals surface area contributed by atoms with Crippen LogP contribution in [0.15, 0.2) is 60.4 Å². The topological polar surface area (TPSA) is 42.0 Å². The van der Waals surface area contributed by atoms with Gasteiger partial charge >= 0.3 is 0 Å². The minimum Gasteiger partial charge on any atom is -0.390 e. The van der Waals surface area contributed by atoms with Gasteiger partial charge in [-0.1, -0.05) is 30.3 Å². The number of Topliss-reactive ketones (excluding diaryl/α,β-unsaturated/α-hetero) is 1. The summed E-state index contributed by atoms with van der Waals surface area (Å²) < 4.78 is 0. The van der Waals surface area contributed by atoms with E-state index < -0.39 is 0 Å². The highest BCUT2D eigenvalue weighted by Gasteiger charge is 2.23. The number of nitrogens with one attached hydrogen (secondary N) is 1. The van der Waals surface area contributed by atoms with Gasteiger partial charge < -0.3 is 5.32 Å². The van der Waals surface area contributed by atoms with Gasteiger partial charge in [0.2, 0.25) is 0 Å². The first-order valence-corrected chi connectivity index (χ1v) is 6.79. The summed E-state index contributed by atoms with van der Waals surface area (Å²) in [6.07, 6.45) is 5.23. The summed E-state index contributed by atoms with van der Waals surface area (Å²) in [5.74, 6) is 0.144. The Morgan fingerprint density at radius 3 is 2.80 bits per heavy atom. The number of hydrogen-bond acceptors (Lipinski definition) is 3. The smallest absolute Gasteiger partial charge is 0.191 e. The SMILES string of the molecule is O=C1/C(=C\NCCc2ccccn2)Cc2ccccc21. The fourth-order valence-electron chi connectivity index (χ4n) is 2.41. The Hall–Kier alpha value is -2.42. The molecule has 2 aromatic rings. The van der Waals surface area contributed by atoms with Crippen molar-refractivity contribution in [1.82, 2.24) is 10.3 Å². The van der Waals surface area contributed by atoms with E-state index in [1.165, 1.54) is 0 Å². The maximum atomic E-state index is 12.1. The molecule has 3 heteroatoms. The zero-order chi connectivity index (χ0) is 13.8. The fourth-order valence-corrected chi connectivity index (χ4v) is 2.41. The van der Waals surface area contributed by atoms with Crippen LogP contribution in [0.4, 0.5) is 0 Å². The van der Waals surface area contributed by atoms with Crippen LogP contribution in [0, 0.1) is 0 Å². The van der Waals surface area contributed by atoms with E-state index in [0.29, 0.717) is 0 Å². The first-order valence-electron chi connectivity index (χ1n) is 6.79. The normalized spacial score (nSPS) is 15.4. The van der Waals surface area contributed by atoms with Crippen molar-refractivity contribution in [2.45, 2.75) is 12.8 Å². The van der Waals surface area contributed by atoms with Crippen LogP contribution in [-0.4, -0.2) is 17.3 Å². The summed E-state index contributed by atoms with van der Waals surface area (Å²) in [4.78, 5) is 16.4. The number of pyridine rings is 1. The summed E-state index contributed by atoms with van der Waals surface area (Å²) in [6, 6.07) is 13.7. The van der Waals surface area contributed by atoms with Crippen LogP contribution in [0.1, 0.15) is 21.6 Å². The molecule has 0 aliphatic heterocycles. The van der Waals surface area contributed by atoms with E-state index >= 15 is 0 Å². The predicted octanol–water partition coefficient (Wildman–Crippen LogP) is 2.54. The number of rotatable bonds is 4. The molecule has 0 saturated heterocycles. The number of carbonyl (C=O) groups excluding carboxylic acids is 1. The van der Waals surface area contributed by atoms with Crippen LogP contribution < -0.4 is 5.32 Å². The van der Waals surface area contributed by atoms with Gasteiger partial charge in [0.1, 0.15) is 0 Å². The molecule has 0 atom stereocenters. The molecule has 1 aromatic heterocycles. The van der Waals surface area contributed by atoms with E-state index in [1.807, 2.05) is 48.7 Å². The van der Waals surface area contributed by atoms with Crippen molar-refractivity contribution >= 4 is 5.78 Å². The molecule has 1 aliphatic rings. The summed E-state index contributed by atoms with van der Waals surface area (Å²) in [5, 5.41) is 3.22. The monoisotopic (exact) mass is 264 g/mol. The minimum atomic E-state index is 0.144. The van der Waals surface area contributed by atoms with Crippen molar-refractivity contribution in [2.75, 3.05) is 6.54 Å². The molecule has 1 aliphatic carbocycles. The van der Waals surface area contributed by atoms with Gasteiger partial charge in [0, 0.05) is 48.6 Å². The molecule has 0 unspecified atom stereocenters. The van der Waals surface area contributed by atoms with Crippen LogP contribution in [0.2, 0.25) is 0 Å². The van der Waals surface area contributed by atoms with E-state index in [-0.39, 0.29) is 5.78 Å². The summed E-state index contributed by atoms with van der Waals surface area (Å²) in [5.41, 5.74) is 3.85. The lowest BCUT2D eigenvalue weighted by atomic mass is 10.1. The van der Waals surface area contributed by atoms with Gasteiger partial charge in [-0.05, 0) is 17.7 Å². The fraction of sp³-hybridized carbons (Fsp3) is 0.176. The van der Waals surface area contributed by atoms with Gasteiger partial charge in [-0.15, -0.1) is 0 Å². The molecule has 0 amide bonds. The zero-order valence-electron chi connectivity index (χ0n) is 11.2. The summed E-state index contributed by atoms with van der Waals surface area (Å²) in [6.45, 7) is 0.782. The van der Waals surface area contributed by atoms with Gasteiger partial charge in [-0.2, -0.15) is 0 Å². The van der Waals surface area contributed by atoms with E-state index in [0.717, 1.165) is 41.8 Å². The Balaban J connectivity index is 1.58. The third kappa shape index (κ3) is 2.62. The Morgan fingerprint density at radius 2 is 2.00 bits per heavy atom. The Bertz CT molecular complexity index is 647. The first-order chi connectivity index (χ1) is 9.84. The summed E-state index contributed by atoms with van der Waals surface area (Å²) >= 11 is 0. The number of allylic oxidation sites excluding steroid dienone is 1. The van der Waals surface area contributed by atoms with Crippen molar-refractivity contribution in [3.8, 4) is 0 Å². The highest BCUT2D eigenvalue weighted by Crippen LogP contribution is 2.25. The van der Waals surface area contributed by atoms with Crippen molar-refractivity contribution in [1.29, 1.82) is 0 Å². The number of carbonyl (C=O) groups is 1. The molecule has 1 aromatic carbocycles. The lowest BCUT2D eigenvalue weighted by molar-refractivity contribution is 0.103. The molecule has 1 heterocycles. The van der Waals surface area contributed by atoms with Crippen molar-refractivity contribution in [3.05, 3.63) is 77.3 Å². The maximum Gasteiger partial charge on any atom is 0.191 e. The molecule has 0 bridgehead atoms. The predicted molar refractivity (Wildman–Crippen MR) is 78.5 cm³/mol. The number of hydrogen-bond donors (Lipinski definition) is 1. The second-order valence-corrected chi connectivity index (χ2v) is 4.86. The molecule has 3 rings (SSSR count). The van der Waals surface area contributed by atoms with Crippen LogP contribution in [-0.2, 0) is 12.8 Å². The number of nitrogens with zero attached hydrogens (tertiary/aromatic N) is 1. The molecule has 20 heavy (non-hydrogen) atoms. The second-order valence-electron chi connectivity index (χ2n) is 4.86. The van der Waals surface area contributed by atoms with E-state index in [2.05, 4.69) is 10.3 Å². The quantitative estimate of drug-likeness (QED) is 0.681.